The maximum Gasteiger partial charge on any atom is 0.0273 e. The van der Waals surface area contributed by atoms with Crippen molar-refractivity contribution >= 4 is 6.21 Å². The van der Waals surface area contributed by atoms with E-state index < -0.39 is 0 Å². The highest BCUT2D eigenvalue weighted by molar-refractivity contribution is 5.57. The Morgan fingerprint density at radius 2 is 2.20 bits per heavy atom. The van der Waals surface area contributed by atoms with Crippen molar-refractivity contribution in [2.45, 2.75) is 33.1 Å². The summed E-state index contributed by atoms with van der Waals surface area (Å²) in [5.41, 5.74) is 1.47. The smallest absolute Gasteiger partial charge is 0.0273 e. The first kappa shape index (κ1) is 9.41. The van der Waals surface area contributed by atoms with Gasteiger partial charge in [0.05, 0.1) is 0 Å². The quantitative estimate of drug-likeness (QED) is 0.419. The van der Waals surface area contributed by atoms with E-state index in [-0.39, 0.29) is 0 Å². The van der Waals surface area contributed by atoms with Gasteiger partial charge in [-0.1, -0.05) is 18.6 Å². The molecule has 10 heavy (non-hydrogen) atoms. The third kappa shape index (κ3) is 5.54. The summed E-state index contributed by atoms with van der Waals surface area (Å²) in [6.45, 7) is 4.34. The van der Waals surface area contributed by atoms with Gasteiger partial charge in [0.1, 0.15) is 0 Å². The average molecular weight is 139 g/mol. The molecule has 0 aromatic carbocycles. The zero-order valence-electron chi connectivity index (χ0n) is 7.22. The highest BCUT2D eigenvalue weighted by atomic mass is 14.6. The maximum absolute atomic E-state index is 3.92. The molecule has 0 rings (SSSR count). The van der Waals surface area contributed by atoms with Gasteiger partial charge in [-0.15, -0.1) is 0 Å². The summed E-state index contributed by atoms with van der Waals surface area (Å²) in [6, 6.07) is 0. The first-order valence-corrected chi connectivity index (χ1v) is 3.87. The van der Waals surface area contributed by atoms with E-state index >= 15 is 0 Å². The predicted octanol–water partition coefficient (Wildman–Crippen LogP) is 2.82. The predicted molar refractivity (Wildman–Crippen MR) is 47.7 cm³/mol. The molecule has 0 aliphatic carbocycles. The molecule has 58 valence electrons. The number of rotatable bonds is 4. The molecule has 1 heteroatoms. The molecule has 0 saturated heterocycles. The van der Waals surface area contributed by atoms with Crippen LogP contribution in [0.15, 0.2) is 16.6 Å². The molecule has 1 nitrogen and oxygen atoms in total. The summed E-state index contributed by atoms with van der Waals surface area (Å²) in [5, 5.41) is 0. The monoisotopic (exact) mass is 139 g/mol. The van der Waals surface area contributed by atoms with Crippen LogP contribution >= 0.6 is 0 Å². The van der Waals surface area contributed by atoms with E-state index in [0.29, 0.717) is 0 Å². The molecular formula is C9H17N. The van der Waals surface area contributed by atoms with Gasteiger partial charge in [0, 0.05) is 7.05 Å². The summed E-state index contributed by atoms with van der Waals surface area (Å²) < 4.78 is 0. The molecule has 0 radical (unpaired) electrons. The molecule has 0 aromatic rings. The van der Waals surface area contributed by atoms with E-state index in [1.165, 1.54) is 5.57 Å². The van der Waals surface area contributed by atoms with E-state index in [0.717, 1.165) is 19.3 Å². The normalized spacial score (nSPS) is 12.9. The highest BCUT2D eigenvalue weighted by Crippen LogP contribution is 2.02. The molecule has 0 aliphatic rings. The van der Waals surface area contributed by atoms with Crippen LogP contribution in [-0.2, 0) is 0 Å². The fraction of sp³-hybridized carbons (Fsp3) is 0.667. The van der Waals surface area contributed by atoms with Crippen LogP contribution in [0.25, 0.3) is 0 Å². The van der Waals surface area contributed by atoms with Crippen molar-refractivity contribution in [3.8, 4) is 0 Å². The number of nitrogens with zero attached hydrogens (tertiary/aromatic N) is 1. The molecule has 0 N–H and O–H groups in total. The molecule has 0 unspecified atom stereocenters. The minimum atomic E-state index is 1.08. The van der Waals surface area contributed by atoms with E-state index in [1.807, 2.05) is 13.3 Å². The Kier molecular flexibility index (Phi) is 6.14. The topological polar surface area (TPSA) is 12.4 Å². The molecule has 0 spiro atoms. The maximum atomic E-state index is 3.92. The minimum Gasteiger partial charge on any atom is -0.301 e. The molecule has 0 amide bonds. The van der Waals surface area contributed by atoms with E-state index in [4.69, 9.17) is 0 Å². The largest absolute Gasteiger partial charge is 0.301 e. The SMILES string of the molecule is CC/C=C(/C)CCC=NC. The summed E-state index contributed by atoms with van der Waals surface area (Å²) in [5.74, 6) is 0. The lowest BCUT2D eigenvalue weighted by atomic mass is 10.1. The Labute approximate surface area is 63.9 Å². The molecule has 0 bridgehead atoms. The number of allylic oxidation sites excluding steroid dienone is 2. The summed E-state index contributed by atoms with van der Waals surface area (Å²) in [6.07, 6.45) is 7.62. The van der Waals surface area contributed by atoms with Gasteiger partial charge in [-0.05, 0) is 32.4 Å². The Balaban J connectivity index is 3.38. The Morgan fingerprint density at radius 1 is 1.50 bits per heavy atom. The van der Waals surface area contributed by atoms with Crippen LogP contribution in [0.2, 0.25) is 0 Å². The molecule has 0 heterocycles. The highest BCUT2D eigenvalue weighted by Gasteiger charge is 1.85. The number of hydrogen-bond donors (Lipinski definition) is 0. The van der Waals surface area contributed by atoms with Crippen molar-refractivity contribution in [3.63, 3.8) is 0 Å². The lowest BCUT2D eigenvalue weighted by Gasteiger charge is -1.94. The lowest BCUT2D eigenvalue weighted by Crippen LogP contribution is -1.79. The zero-order valence-corrected chi connectivity index (χ0v) is 7.22. The third-order valence-corrected chi connectivity index (χ3v) is 1.40. The Hall–Kier alpha value is -0.590. The molecular weight excluding hydrogens is 122 g/mol. The molecule has 0 saturated carbocycles. The van der Waals surface area contributed by atoms with Gasteiger partial charge in [-0.2, -0.15) is 0 Å². The van der Waals surface area contributed by atoms with Crippen molar-refractivity contribution in [2.24, 2.45) is 4.99 Å². The molecule has 0 aliphatic heterocycles. The second-order valence-corrected chi connectivity index (χ2v) is 2.44. The lowest BCUT2D eigenvalue weighted by molar-refractivity contribution is 1.000. The second kappa shape index (κ2) is 6.53. The van der Waals surface area contributed by atoms with Crippen LogP contribution in [0, 0.1) is 0 Å². The van der Waals surface area contributed by atoms with Crippen LogP contribution in [0.5, 0.6) is 0 Å². The third-order valence-electron chi connectivity index (χ3n) is 1.40. The van der Waals surface area contributed by atoms with Crippen LogP contribution in [0.1, 0.15) is 33.1 Å². The number of hydrogen-bond acceptors (Lipinski definition) is 1. The van der Waals surface area contributed by atoms with Gasteiger partial charge in [-0.3, -0.25) is 0 Å². The summed E-state index contributed by atoms with van der Waals surface area (Å²) in [7, 11) is 1.82. The van der Waals surface area contributed by atoms with Crippen LogP contribution in [-0.4, -0.2) is 13.3 Å². The standard InChI is InChI=1S/C9H17N/c1-4-6-9(2)7-5-8-10-3/h6,8H,4-5,7H2,1-3H3/b9-6-,10-8?. The van der Waals surface area contributed by atoms with Crippen LogP contribution < -0.4 is 0 Å². The van der Waals surface area contributed by atoms with Gasteiger partial charge < -0.3 is 4.99 Å². The Bertz CT molecular complexity index is 123. The van der Waals surface area contributed by atoms with Gasteiger partial charge >= 0.3 is 0 Å². The summed E-state index contributed by atoms with van der Waals surface area (Å²) >= 11 is 0. The molecule has 0 aromatic heterocycles. The zero-order chi connectivity index (χ0) is 7.82. The van der Waals surface area contributed by atoms with E-state index in [9.17, 15) is 0 Å². The minimum absolute atomic E-state index is 1.08. The van der Waals surface area contributed by atoms with Crippen LogP contribution in [0.4, 0.5) is 0 Å². The van der Waals surface area contributed by atoms with Gasteiger partial charge in [0.25, 0.3) is 0 Å². The fourth-order valence-corrected chi connectivity index (χ4v) is 0.872. The van der Waals surface area contributed by atoms with Crippen molar-refractivity contribution in [3.05, 3.63) is 11.6 Å². The first-order valence-electron chi connectivity index (χ1n) is 3.87. The van der Waals surface area contributed by atoms with E-state index in [2.05, 4.69) is 24.9 Å². The molecule has 0 fully saturated rings. The van der Waals surface area contributed by atoms with Crippen LogP contribution in [0.3, 0.4) is 0 Å². The van der Waals surface area contributed by atoms with Crippen molar-refractivity contribution in [1.29, 1.82) is 0 Å². The van der Waals surface area contributed by atoms with Gasteiger partial charge in [-0.25, -0.2) is 0 Å². The Morgan fingerprint density at radius 3 is 2.70 bits per heavy atom. The molecule has 0 atom stereocenters. The van der Waals surface area contributed by atoms with Gasteiger partial charge in [0.15, 0.2) is 0 Å². The average Bonchev–Trinajstić information content (AvgIpc) is 1.89. The van der Waals surface area contributed by atoms with E-state index in [1.54, 1.807) is 0 Å². The van der Waals surface area contributed by atoms with Gasteiger partial charge in [0.2, 0.25) is 0 Å². The fourth-order valence-electron chi connectivity index (χ4n) is 0.872. The summed E-state index contributed by atoms with van der Waals surface area (Å²) in [4.78, 5) is 3.92. The number of aliphatic imine (C=N–C) groups is 1. The van der Waals surface area contributed by atoms with Crippen molar-refractivity contribution < 1.29 is 0 Å². The second-order valence-electron chi connectivity index (χ2n) is 2.44. The first-order chi connectivity index (χ1) is 4.81. The van der Waals surface area contributed by atoms with Crippen molar-refractivity contribution in [1.82, 2.24) is 0 Å². The van der Waals surface area contributed by atoms with Crippen molar-refractivity contribution in [2.75, 3.05) is 7.05 Å².